The summed E-state index contributed by atoms with van der Waals surface area (Å²) in [6.07, 6.45) is 0. The van der Waals surface area contributed by atoms with Crippen LogP contribution in [0, 0.1) is 13.8 Å². The standard InChI is InChI=1S/C21H16O2/c1-13-8-9-18-17(10-13)21(22)20-16(15-6-4-3-5-7-15)11-14(2)12-19(20)23-18/h3-12H,1-2H3. The molecule has 0 unspecified atom stereocenters. The zero-order chi connectivity index (χ0) is 16.0. The molecule has 2 nitrogen and oxygen atoms in total. The lowest BCUT2D eigenvalue weighted by Crippen LogP contribution is -2.04. The van der Waals surface area contributed by atoms with Gasteiger partial charge in [-0.05, 0) is 48.7 Å². The minimum Gasteiger partial charge on any atom is -0.456 e. The smallest absolute Gasteiger partial charge is 0.201 e. The molecule has 0 saturated carbocycles. The molecule has 0 amide bonds. The summed E-state index contributed by atoms with van der Waals surface area (Å²) in [4.78, 5) is 13.1. The summed E-state index contributed by atoms with van der Waals surface area (Å²) in [5.41, 5.74) is 5.40. The first-order valence-electron chi connectivity index (χ1n) is 7.67. The van der Waals surface area contributed by atoms with Crippen molar-refractivity contribution in [1.82, 2.24) is 0 Å². The number of aryl methyl sites for hydroxylation is 2. The van der Waals surface area contributed by atoms with Crippen molar-refractivity contribution in [1.29, 1.82) is 0 Å². The summed E-state index contributed by atoms with van der Waals surface area (Å²) in [6, 6.07) is 19.7. The van der Waals surface area contributed by atoms with Crippen LogP contribution in [-0.4, -0.2) is 0 Å². The van der Waals surface area contributed by atoms with Crippen LogP contribution in [0.1, 0.15) is 11.1 Å². The van der Waals surface area contributed by atoms with E-state index in [9.17, 15) is 4.79 Å². The molecule has 1 aromatic heterocycles. The lowest BCUT2D eigenvalue weighted by atomic mass is 9.97. The van der Waals surface area contributed by atoms with Gasteiger partial charge in [0.25, 0.3) is 0 Å². The normalized spacial score (nSPS) is 11.2. The van der Waals surface area contributed by atoms with E-state index in [-0.39, 0.29) is 5.43 Å². The SMILES string of the molecule is Cc1cc(-c2ccccc2)c2c(=O)c3cc(C)ccc3oc2c1. The maximum atomic E-state index is 13.1. The molecule has 0 spiro atoms. The Bertz CT molecular complexity index is 1090. The van der Waals surface area contributed by atoms with Gasteiger partial charge in [0.15, 0.2) is 0 Å². The minimum absolute atomic E-state index is 0.0313. The first-order chi connectivity index (χ1) is 11.1. The second-order valence-electron chi connectivity index (χ2n) is 5.98. The summed E-state index contributed by atoms with van der Waals surface area (Å²) < 4.78 is 6.02. The van der Waals surface area contributed by atoms with Gasteiger partial charge in [-0.2, -0.15) is 0 Å². The molecule has 0 saturated heterocycles. The van der Waals surface area contributed by atoms with E-state index in [1.165, 1.54) is 0 Å². The van der Waals surface area contributed by atoms with E-state index in [0.29, 0.717) is 21.9 Å². The van der Waals surface area contributed by atoms with E-state index in [2.05, 4.69) is 6.07 Å². The van der Waals surface area contributed by atoms with Gasteiger partial charge < -0.3 is 4.42 Å². The van der Waals surface area contributed by atoms with E-state index in [1.807, 2.05) is 68.4 Å². The van der Waals surface area contributed by atoms with Crippen molar-refractivity contribution >= 4 is 21.9 Å². The Morgan fingerprint density at radius 2 is 1.57 bits per heavy atom. The number of hydrogen-bond acceptors (Lipinski definition) is 2. The first kappa shape index (κ1) is 13.8. The van der Waals surface area contributed by atoms with Crippen molar-refractivity contribution in [2.45, 2.75) is 13.8 Å². The highest BCUT2D eigenvalue weighted by molar-refractivity contribution is 5.99. The summed E-state index contributed by atoms with van der Waals surface area (Å²) in [5.74, 6) is 0. The van der Waals surface area contributed by atoms with Crippen LogP contribution in [0.4, 0.5) is 0 Å². The molecule has 0 aliphatic rings. The number of rotatable bonds is 1. The van der Waals surface area contributed by atoms with Crippen LogP contribution in [0.15, 0.2) is 69.9 Å². The monoisotopic (exact) mass is 300 g/mol. The Kier molecular flexibility index (Phi) is 3.05. The Morgan fingerprint density at radius 3 is 2.35 bits per heavy atom. The number of benzene rings is 3. The fraction of sp³-hybridized carbons (Fsp3) is 0.0952. The molecule has 23 heavy (non-hydrogen) atoms. The van der Waals surface area contributed by atoms with Gasteiger partial charge in [-0.15, -0.1) is 0 Å². The van der Waals surface area contributed by atoms with Crippen LogP contribution in [-0.2, 0) is 0 Å². The Morgan fingerprint density at radius 1 is 0.783 bits per heavy atom. The van der Waals surface area contributed by atoms with Crippen molar-refractivity contribution in [2.24, 2.45) is 0 Å². The largest absolute Gasteiger partial charge is 0.456 e. The first-order valence-corrected chi connectivity index (χ1v) is 7.67. The fourth-order valence-electron chi connectivity index (χ4n) is 3.08. The zero-order valence-corrected chi connectivity index (χ0v) is 13.1. The molecule has 0 bridgehead atoms. The van der Waals surface area contributed by atoms with Gasteiger partial charge >= 0.3 is 0 Å². The van der Waals surface area contributed by atoms with Crippen LogP contribution in [0.5, 0.6) is 0 Å². The molecule has 4 rings (SSSR count). The summed E-state index contributed by atoms with van der Waals surface area (Å²) >= 11 is 0. The van der Waals surface area contributed by atoms with Crippen LogP contribution >= 0.6 is 0 Å². The highest BCUT2D eigenvalue weighted by atomic mass is 16.3. The summed E-state index contributed by atoms with van der Waals surface area (Å²) in [6.45, 7) is 4.00. The van der Waals surface area contributed by atoms with E-state index in [0.717, 1.165) is 22.3 Å². The van der Waals surface area contributed by atoms with E-state index < -0.39 is 0 Å². The fourth-order valence-corrected chi connectivity index (χ4v) is 3.08. The molecule has 3 aromatic carbocycles. The third kappa shape index (κ3) is 2.23. The quantitative estimate of drug-likeness (QED) is 0.451. The topological polar surface area (TPSA) is 30.2 Å². The van der Waals surface area contributed by atoms with Crippen LogP contribution < -0.4 is 5.43 Å². The van der Waals surface area contributed by atoms with Gasteiger partial charge in [-0.1, -0.05) is 48.0 Å². The van der Waals surface area contributed by atoms with Crippen LogP contribution in [0.3, 0.4) is 0 Å². The van der Waals surface area contributed by atoms with Crippen molar-refractivity contribution < 1.29 is 4.42 Å². The second kappa shape index (κ2) is 5.10. The van der Waals surface area contributed by atoms with Crippen LogP contribution in [0.25, 0.3) is 33.1 Å². The van der Waals surface area contributed by atoms with Crippen molar-refractivity contribution in [3.63, 3.8) is 0 Å². The predicted octanol–water partition coefficient (Wildman–Crippen LogP) is 5.23. The number of fused-ring (bicyclic) bond motifs is 2. The van der Waals surface area contributed by atoms with Gasteiger partial charge in [-0.25, -0.2) is 0 Å². The molecule has 0 fully saturated rings. The third-order valence-electron chi connectivity index (χ3n) is 4.16. The minimum atomic E-state index is 0.0313. The molecule has 4 aromatic rings. The van der Waals surface area contributed by atoms with Gasteiger partial charge in [0.2, 0.25) is 5.43 Å². The maximum absolute atomic E-state index is 13.1. The van der Waals surface area contributed by atoms with Gasteiger partial charge in [0, 0.05) is 0 Å². The molecular formula is C21H16O2. The molecule has 0 N–H and O–H groups in total. The molecule has 112 valence electrons. The van der Waals surface area contributed by atoms with Crippen molar-refractivity contribution in [2.75, 3.05) is 0 Å². The maximum Gasteiger partial charge on any atom is 0.201 e. The molecule has 0 radical (unpaired) electrons. The van der Waals surface area contributed by atoms with Crippen molar-refractivity contribution in [3.05, 3.63) is 82.0 Å². The Hall–Kier alpha value is -2.87. The molecule has 0 atom stereocenters. The summed E-state index contributed by atoms with van der Waals surface area (Å²) in [5, 5.41) is 1.29. The molecule has 0 aliphatic carbocycles. The van der Waals surface area contributed by atoms with E-state index >= 15 is 0 Å². The van der Waals surface area contributed by atoms with Gasteiger partial charge in [0.05, 0.1) is 10.8 Å². The second-order valence-corrected chi connectivity index (χ2v) is 5.98. The molecule has 0 aliphatic heterocycles. The average Bonchev–Trinajstić information content (AvgIpc) is 2.55. The van der Waals surface area contributed by atoms with Gasteiger partial charge in [-0.3, -0.25) is 4.79 Å². The van der Waals surface area contributed by atoms with Crippen LogP contribution in [0.2, 0.25) is 0 Å². The van der Waals surface area contributed by atoms with E-state index in [1.54, 1.807) is 0 Å². The molecule has 1 heterocycles. The molecule has 2 heteroatoms. The summed E-state index contributed by atoms with van der Waals surface area (Å²) in [7, 11) is 0. The average molecular weight is 300 g/mol. The Balaban J connectivity index is 2.21. The Labute approximate surface area is 134 Å². The van der Waals surface area contributed by atoms with Crippen molar-refractivity contribution in [3.8, 4) is 11.1 Å². The lowest BCUT2D eigenvalue weighted by molar-refractivity contribution is 0.659. The van der Waals surface area contributed by atoms with Gasteiger partial charge in [0.1, 0.15) is 11.2 Å². The van der Waals surface area contributed by atoms with E-state index in [4.69, 9.17) is 4.42 Å². The number of hydrogen-bond donors (Lipinski definition) is 0. The zero-order valence-electron chi connectivity index (χ0n) is 13.1. The highest BCUT2D eigenvalue weighted by Gasteiger charge is 2.13. The predicted molar refractivity (Wildman–Crippen MR) is 94.9 cm³/mol. The lowest BCUT2D eigenvalue weighted by Gasteiger charge is -2.09. The molecular weight excluding hydrogens is 284 g/mol. The highest BCUT2D eigenvalue weighted by Crippen LogP contribution is 2.30. The third-order valence-corrected chi connectivity index (χ3v) is 4.16.